The first kappa shape index (κ1) is 23.8. The molecular formula is C20H26ClF3N6. The minimum Gasteiger partial charge on any atom is -0.370 e. The summed E-state index contributed by atoms with van der Waals surface area (Å²) >= 11 is 6.40. The van der Waals surface area contributed by atoms with Crippen molar-refractivity contribution in [3.8, 4) is 0 Å². The molecule has 164 valence electrons. The van der Waals surface area contributed by atoms with E-state index in [4.69, 9.17) is 11.6 Å². The standard InChI is InChI=1S/C20H26ClF3N6/c1-6-13(11(3)9-25-5)8-15(21)12(4)28-19-29-17(26-7-2)16-14(20(22,23)24)10-27-18(16)30-19/h8,10,25H,4,6-7,9H2,1-3,5H3,(H3,26,27,28,29,30)/b13-11+,15-8+. The summed E-state index contributed by atoms with van der Waals surface area (Å²) in [5.41, 5.74) is 1.77. The van der Waals surface area contributed by atoms with Crippen molar-refractivity contribution in [2.75, 3.05) is 30.8 Å². The second-order valence-electron chi connectivity index (χ2n) is 6.64. The van der Waals surface area contributed by atoms with Crippen LogP contribution in [0, 0.1) is 0 Å². The maximum absolute atomic E-state index is 13.3. The van der Waals surface area contributed by atoms with Crippen molar-refractivity contribution in [3.05, 3.63) is 46.3 Å². The van der Waals surface area contributed by atoms with Gasteiger partial charge in [-0.15, -0.1) is 0 Å². The molecule has 0 atom stereocenters. The first-order chi connectivity index (χ1) is 14.1. The Morgan fingerprint density at radius 1 is 1.30 bits per heavy atom. The van der Waals surface area contributed by atoms with Gasteiger partial charge < -0.3 is 20.9 Å². The molecular weight excluding hydrogens is 417 g/mol. The summed E-state index contributed by atoms with van der Waals surface area (Å²) in [6.07, 6.45) is -1.05. The van der Waals surface area contributed by atoms with E-state index in [0.717, 1.165) is 30.3 Å². The topological polar surface area (TPSA) is 77.7 Å². The number of allylic oxidation sites excluding steroid dienone is 3. The third-order valence-electron chi connectivity index (χ3n) is 4.40. The van der Waals surface area contributed by atoms with Crippen molar-refractivity contribution in [1.29, 1.82) is 0 Å². The zero-order chi connectivity index (χ0) is 22.5. The molecule has 0 fully saturated rings. The molecule has 0 bridgehead atoms. The van der Waals surface area contributed by atoms with Gasteiger partial charge in [0.1, 0.15) is 11.5 Å². The van der Waals surface area contributed by atoms with Crippen molar-refractivity contribution >= 4 is 34.4 Å². The van der Waals surface area contributed by atoms with E-state index in [1.807, 2.05) is 27.0 Å². The number of nitrogens with zero attached hydrogens (tertiary/aromatic N) is 2. The van der Waals surface area contributed by atoms with Crippen LogP contribution in [0.5, 0.6) is 0 Å². The highest BCUT2D eigenvalue weighted by Crippen LogP contribution is 2.37. The van der Waals surface area contributed by atoms with Gasteiger partial charge in [-0.3, -0.25) is 0 Å². The number of hydrogen-bond acceptors (Lipinski definition) is 5. The van der Waals surface area contributed by atoms with Gasteiger partial charge in [-0.05, 0) is 39.0 Å². The molecule has 0 aliphatic carbocycles. The maximum atomic E-state index is 13.3. The molecule has 6 nitrogen and oxygen atoms in total. The predicted molar refractivity (Wildman–Crippen MR) is 117 cm³/mol. The Bertz CT molecular complexity index is 975. The van der Waals surface area contributed by atoms with E-state index in [-0.39, 0.29) is 22.8 Å². The lowest BCUT2D eigenvalue weighted by atomic mass is 10.1. The Labute approximate surface area is 178 Å². The van der Waals surface area contributed by atoms with Gasteiger partial charge in [0, 0.05) is 19.3 Å². The van der Waals surface area contributed by atoms with Gasteiger partial charge in [-0.25, -0.2) is 0 Å². The third-order valence-corrected chi connectivity index (χ3v) is 4.74. The SMILES string of the molecule is C=C(Nc1nc(NCC)c2c(C(F)(F)F)c[nH]c2n1)/C(Cl)=C\C(CC)=C(/C)CNC. The zero-order valence-electron chi connectivity index (χ0n) is 17.4. The minimum atomic E-state index is -4.52. The van der Waals surface area contributed by atoms with E-state index in [1.165, 1.54) is 0 Å². The van der Waals surface area contributed by atoms with Crippen molar-refractivity contribution in [3.63, 3.8) is 0 Å². The molecule has 2 aromatic rings. The first-order valence-corrected chi connectivity index (χ1v) is 9.87. The van der Waals surface area contributed by atoms with Gasteiger partial charge in [0.2, 0.25) is 5.95 Å². The van der Waals surface area contributed by atoms with Gasteiger partial charge in [0.25, 0.3) is 0 Å². The number of fused-ring (bicyclic) bond motifs is 1. The number of aromatic nitrogens is 3. The monoisotopic (exact) mass is 442 g/mol. The van der Waals surface area contributed by atoms with E-state index >= 15 is 0 Å². The molecule has 0 saturated heterocycles. The van der Waals surface area contributed by atoms with Crippen LogP contribution in [-0.2, 0) is 6.18 Å². The summed E-state index contributed by atoms with van der Waals surface area (Å²) in [7, 11) is 1.86. The molecule has 0 aromatic carbocycles. The fourth-order valence-corrected chi connectivity index (χ4v) is 3.13. The number of alkyl halides is 3. The van der Waals surface area contributed by atoms with Crippen molar-refractivity contribution in [2.45, 2.75) is 33.4 Å². The number of likely N-dealkylation sites (N-methyl/N-ethyl adjacent to an activating group) is 1. The molecule has 4 N–H and O–H groups in total. The molecule has 0 spiro atoms. The molecule has 0 aliphatic rings. The molecule has 0 unspecified atom stereocenters. The Balaban J connectivity index is 2.38. The summed E-state index contributed by atoms with van der Waals surface area (Å²) in [6.45, 7) is 10.8. The summed E-state index contributed by atoms with van der Waals surface area (Å²) in [5, 5.41) is 9.09. The number of H-pyrrole nitrogens is 1. The van der Waals surface area contributed by atoms with E-state index in [1.54, 1.807) is 6.92 Å². The lowest BCUT2D eigenvalue weighted by molar-refractivity contribution is -0.136. The third kappa shape index (κ3) is 5.54. The number of nitrogens with one attached hydrogen (secondary N) is 4. The molecule has 0 radical (unpaired) electrons. The molecule has 2 aromatic heterocycles. The molecule has 10 heteroatoms. The lowest BCUT2D eigenvalue weighted by Gasteiger charge is -2.13. The first-order valence-electron chi connectivity index (χ1n) is 9.49. The van der Waals surface area contributed by atoms with E-state index in [9.17, 15) is 13.2 Å². The van der Waals surface area contributed by atoms with Gasteiger partial charge >= 0.3 is 6.18 Å². The van der Waals surface area contributed by atoms with Crippen LogP contribution in [-0.4, -0.2) is 35.1 Å². The largest absolute Gasteiger partial charge is 0.418 e. The number of halogens is 4. The molecule has 0 amide bonds. The van der Waals surface area contributed by atoms with Crippen molar-refractivity contribution < 1.29 is 13.2 Å². The molecule has 2 rings (SSSR count). The summed E-state index contributed by atoms with van der Waals surface area (Å²) in [4.78, 5) is 10.9. The normalized spacial score (nSPS) is 13.4. The van der Waals surface area contributed by atoms with Gasteiger partial charge in [-0.2, -0.15) is 23.1 Å². The van der Waals surface area contributed by atoms with Crippen LogP contribution in [0.1, 0.15) is 32.8 Å². The second kappa shape index (κ2) is 9.99. The molecule has 30 heavy (non-hydrogen) atoms. The highest BCUT2D eigenvalue weighted by molar-refractivity contribution is 6.32. The number of anilines is 2. The van der Waals surface area contributed by atoms with Crippen LogP contribution in [0.25, 0.3) is 11.0 Å². The van der Waals surface area contributed by atoms with Crippen LogP contribution >= 0.6 is 11.6 Å². The Hall–Kier alpha value is -2.52. The fraction of sp³-hybridized carbons (Fsp3) is 0.400. The number of hydrogen-bond donors (Lipinski definition) is 4. The van der Waals surface area contributed by atoms with Crippen LogP contribution < -0.4 is 16.0 Å². The second-order valence-corrected chi connectivity index (χ2v) is 7.04. The van der Waals surface area contributed by atoms with Crippen LogP contribution in [0.2, 0.25) is 0 Å². The Kier molecular flexibility index (Phi) is 7.91. The predicted octanol–water partition coefficient (Wildman–Crippen LogP) is 5.40. The van der Waals surface area contributed by atoms with Crippen molar-refractivity contribution in [2.24, 2.45) is 0 Å². The summed E-state index contributed by atoms with van der Waals surface area (Å²) in [5.74, 6) is 0.157. The van der Waals surface area contributed by atoms with Gasteiger partial charge in [0.15, 0.2) is 0 Å². The quantitative estimate of drug-likeness (QED) is 0.391. The smallest absolute Gasteiger partial charge is 0.370 e. The summed E-state index contributed by atoms with van der Waals surface area (Å²) in [6, 6.07) is 0. The van der Waals surface area contributed by atoms with Crippen molar-refractivity contribution in [1.82, 2.24) is 20.3 Å². The lowest BCUT2D eigenvalue weighted by Crippen LogP contribution is -2.10. The highest BCUT2D eigenvalue weighted by Gasteiger charge is 2.35. The zero-order valence-corrected chi connectivity index (χ0v) is 18.1. The highest BCUT2D eigenvalue weighted by atomic mass is 35.5. The van der Waals surface area contributed by atoms with E-state index < -0.39 is 11.7 Å². The average molecular weight is 443 g/mol. The molecule has 2 heterocycles. The van der Waals surface area contributed by atoms with E-state index in [0.29, 0.717) is 17.3 Å². The Morgan fingerprint density at radius 2 is 2.00 bits per heavy atom. The Morgan fingerprint density at radius 3 is 2.57 bits per heavy atom. The van der Waals surface area contributed by atoms with E-state index in [2.05, 4.69) is 37.5 Å². The van der Waals surface area contributed by atoms with Crippen LogP contribution in [0.4, 0.5) is 24.9 Å². The average Bonchev–Trinajstić information content (AvgIpc) is 3.10. The van der Waals surface area contributed by atoms with Crippen LogP contribution in [0.3, 0.4) is 0 Å². The minimum absolute atomic E-state index is 0.0580. The molecule has 0 saturated carbocycles. The van der Waals surface area contributed by atoms with Crippen LogP contribution in [0.15, 0.2) is 40.7 Å². The van der Waals surface area contributed by atoms with Gasteiger partial charge in [0.05, 0.1) is 21.7 Å². The number of rotatable bonds is 9. The fourth-order valence-electron chi connectivity index (χ4n) is 2.95. The molecule has 0 aliphatic heterocycles. The number of aromatic amines is 1. The maximum Gasteiger partial charge on any atom is 0.418 e. The summed E-state index contributed by atoms with van der Waals surface area (Å²) < 4.78 is 39.9. The van der Waals surface area contributed by atoms with Gasteiger partial charge in [-0.1, -0.05) is 30.7 Å².